The highest BCUT2D eigenvalue weighted by Gasteiger charge is 2.18. The molecular formula is C15H18N2O2S2. The maximum absolute atomic E-state index is 12.3. The quantitative estimate of drug-likeness (QED) is 0.944. The Kier molecular flexibility index (Phi) is 3.67. The maximum Gasteiger partial charge on any atom is 0.271 e. The Morgan fingerprint density at radius 1 is 1.24 bits per heavy atom. The van der Waals surface area contributed by atoms with E-state index in [9.17, 15) is 8.42 Å². The highest BCUT2D eigenvalue weighted by molar-refractivity contribution is 7.94. The molecule has 0 saturated carbocycles. The highest BCUT2D eigenvalue weighted by Crippen LogP contribution is 2.30. The average molecular weight is 322 g/mol. The lowest BCUT2D eigenvalue weighted by Crippen LogP contribution is -2.24. The van der Waals surface area contributed by atoms with Crippen molar-refractivity contribution in [3.63, 3.8) is 0 Å². The molecular weight excluding hydrogens is 304 g/mol. The van der Waals surface area contributed by atoms with Crippen LogP contribution in [0.4, 0.5) is 11.4 Å². The number of benzene rings is 1. The zero-order chi connectivity index (χ0) is 15.0. The Morgan fingerprint density at radius 2 is 2.05 bits per heavy atom. The largest absolute Gasteiger partial charge is 0.374 e. The van der Waals surface area contributed by atoms with Gasteiger partial charge >= 0.3 is 0 Å². The summed E-state index contributed by atoms with van der Waals surface area (Å²) in [5, 5.41) is 0. The Labute approximate surface area is 129 Å². The van der Waals surface area contributed by atoms with Crippen molar-refractivity contribution in [3.8, 4) is 0 Å². The topological polar surface area (TPSA) is 49.4 Å². The first-order chi connectivity index (χ1) is 9.95. The Bertz CT molecular complexity index is 766. The normalized spacial score (nSPS) is 14.9. The molecule has 2 aromatic rings. The van der Waals surface area contributed by atoms with Crippen molar-refractivity contribution in [2.75, 3.05) is 23.2 Å². The van der Waals surface area contributed by atoms with Crippen molar-refractivity contribution in [2.45, 2.75) is 24.0 Å². The number of nitrogens with one attached hydrogen (secondary N) is 1. The number of nitrogens with zero attached hydrogens (tertiary/aromatic N) is 1. The molecule has 112 valence electrons. The van der Waals surface area contributed by atoms with Gasteiger partial charge in [-0.05, 0) is 55.7 Å². The van der Waals surface area contributed by atoms with Gasteiger partial charge in [-0.2, -0.15) is 0 Å². The van der Waals surface area contributed by atoms with Crippen molar-refractivity contribution in [3.05, 3.63) is 40.8 Å². The van der Waals surface area contributed by atoms with E-state index in [1.165, 1.54) is 22.6 Å². The molecule has 0 saturated heterocycles. The lowest BCUT2D eigenvalue weighted by Gasteiger charge is -2.27. The number of fused-ring (bicyclic) bond motifs is 1. The van der Waals surface area contributed by atoms with Gasteiger partial charge in [-0.3, -0.25) is 4.72 Å². The lowest BCUT2D eigenvalue weighted by atomic mass is 10.0. The number of thiophene rings is 1. The SMILES string of the molecule is Cc1ccc(S(=O)(=O)Nc2ccc3c(c2)CCCN3C)s1. The second-order valence-electron chi connectivity index (χ2n) is 5.34. The van der Waals surface area contributed by atoms with Gasteiger partial charge in [0, 0.05) is 29.8 Å². The Morgan fingerprint density at radius 3 is 2.76 bits per heavy atom. The fraction of sp³-hybridized carbons (Fsp3) is 0.333. The Hall–Kier alpha value is -1.53. The molecule has 21 heavy (non-hydrogen) atoms. The zero-order valence-electron chi connectivity index (χ0n) is 12.1. The fourth-order valence-corrected chi connectivity index (χ4v) is 4.94. The van der Waals surface area contributed by atoms with E-state index in [0.29, 0.717) is 9.90 Å². The van der Waals surface area contributed by atoms with E-state index in [1.807, 2.05) is 31.2 Å². The van der Waals surface area contributed by atoms with E-state index < -0.39 is 10.0 Å². The van der Waals surface area contributed by atoms with Gasteiger partial charge in [0.1, 0.15) is 4.21 Å². The molecule has 1 aromatic carbocycles. The number of aryl methyl sites for hydroxylation is 2. The van der Waals surface area contributed by atoms with Crippen molar-refractivity contribution in [1.29, 1.82) is 0 Å². The summed E-state index contributed by atoms with van der Waals surface area (Å²) < 4.78 is 27.7. The standard InChI is InChI=1S/C15H18N2O2S2/c1-11-5-8-15(20-11)21(18,19)16-13-6-7-14-12(10-13)4-3-9-17(14)2/h5-8,10,16H,3-4,9H2,1-2H3. The third-order valence-corrected chi connectivity index (χ3v) is 6.54. The lowest BCUT2D eigenvalue weighted by molar-refractivity contribution is 0.603. The molecule has 1 N–H and O–H groups in total. The number of sulfonamides is 1. The molecule has 0 amide bonds. The number of anilines is 2. The first-order valence-corrected chi connectivity index (χ1v) is 9.19. The van der Waals surface area contributed by atoms with Crippen LogP contribution in [-0.4, -0.2) is 22.0 Å². The van der Waals surface area contributed by atoms with Crippen LogP contribution in [0.25, 0.3) is 0 Å². The van der Waals surface area contributed by atoms with Gasteiger partial charge in [0.25, 0.3) is 10.0 Å². The van der Waals surface area contributed by atoms with Crippen LogP contribution in [0.3, 0.4) is 0 Å². The number of hydrogen-bond acceptors (Lipinski definition) is 4. The van der Waals surface area contributed by atoms with E-state index in [0.717, 1.165) is 24.3 Å². The third kappa shape index (κ3) is 2.91. The summed E-state index contributed by atoms with van der Waals surface area (Å²) in [6, 6.07) is 9.24. The van der Waals surface area contributed by atoms with Crippen LogP contribution in [0, 0.1) is 6.92 Å². The predicted octanol–water partition coefficient (Wildman–Crippen LogP) is 3.24. The summed E-state index contributed by atoms with van der Waals surface area (Å²) in [6.07, 6.45) is 2.09. The summed E-state index contributed by atoms with van der Waals surface area (Å²) in [6.45, 7) is 2.95. The minimum Gasteiger partial charge on any atom is -0.374 e. The van der Waals surface area contributed by atoms with E-state index in [-0.39, 0.29) is 0 Å². The molecule has 0 unspecified atom stereocenters. The van der Waals surface area contributed by atoms with E-state index in [4.69, 9.17) is 0 Å². The summed E-state index contributed by atoms with van der Waals surface area (Å²) in [4.78, 5) is 3.20. The second-order valence-corrected chi connectivity index (χ2v) is 8.54. The fourth-order valence-electron chi connectivity index (χ4n) is 2.61. The molecule has 4 nitrogen and oxygen atoms in total. The number of rotatable bonds is 3. The minimum atomic E-state index is -3.48. The molecule has 6 heteroatoms. The van der Waals surface area contributed by atoms with Gasteiger partial charge < -0.3 is 4.90 Å². The van der Waals surface area contributed by atoms with E-state index in [2.05, 4.69) is 16.7 Å². The molecule has 1 aliphatic rings. The van der Waals surface area contributed by atoms with E-state index in [1.54, 1.807) is 6.07 Å². The van der Waals surface area contributed by atoms with E-state index >= 15 is 0 Å². The van der Waals surface area contributed by atoms with Crippen LogP contribution in [0.5, 0.6) is 0 Å². The summed E-state index contributed by atoms with van der Waals surface area (Å²) in [5.41, 5.74) is 3.03. The van der Waals surface area contributed by atoms with Gasteiger partial charge in [-0.15, -0.1) is 11.3 Å². The van der Waals surface area contributed by atoms with Crippen LogP contribution >= 0.6 is 11.3 Å². The highest BCUT2D eigenvalue weighted by atomic mass is 32.2. The van der Waals surface area contributed by atoms with Crippen LogP contribution in [0.1, 0.15) is 16.9 Å². The van der Waals surface area contributed by atoms with Crippen molar-refractivity contribution in [1.82, 2.24) is 0 Å². The minimum absolute atomic E-state index is 0.356. The van der Waals surface area contributed by atoms with Gasteiger partial charge in [-0.25, -0.2) is 8.42 Å². The molecule has 0 aliphatic carbocycles. The first-order valence-electron chi connectivity index (χ1n) is 6.89. The molecule has 0 atom stereocenters. The molecule has 0 bridgehead atoms. The Balaban J connectivity index is 1.88. The van der Waals surface area contributed by atoms with Crippen LogP contribution in [0.15, 0.2) is 34.5 Å². The van der Waals surface area contributed by atoms with Gasteiger partial charge in [-0.1, -0.05) is 0 Å². The summed E-state index contributed by atoms with van der Waals surface area (Å²) in [5.74, 6) is 0. The molecule has 0 spiro atoms. The van der Waals surface area contributed by atoms with Crippen molar-refractivity contribution in [2.24, 2.45) is 0 Å². The molecule has 0 radical (unpaired) electrons. The predicted molar refractivity (Wildman–Crippen MR) is 87.9 cm³/mol. The first kappa shape index (κ1) is 14.4. The van der Waals surface area contributed by atoms with Crippen molar-refractivity contribution >= 4 is 32.7 Å². The molecule has 2 heterocycles. The second kappa shape index (κ2) is 5.35. The van der Waals surface area contributed by atoms with Gasteiger partial charge in [0.2, 0.25) is 0 Å². The van der Waals surface area contributed by atoms with Crippen LogP contribution in [-0.2, 0) is 16.4 Å². The average Bonchev–Trinajstić information content (AvgIpc) is 2.86. The summed E-state index contributed by atoms with van der Waals surface area (Å²) in [7, 11) is -1.41. The zero-order valence-corrected chi connectivity index (χ0v) is 13.7. The van der Waals surface area contributed by atoms with Crippen LogP contribution < -0.4 is 9.62 Å². The van der Waals surface area contributed by atoms with Crippen molar-refractivity contribution < 1.29 is 8.42 Å². The van der Waals surface area contributed by atoms with Gasteiger partial charge in [0.15, 0.2) is 0 Å². The third-order valence-electron chi connectivity index (χ3n) is 3.66. The maximum atomic E-state index is 12.3. The van der Waals surface area contributed by atoms with Crippen LogP contribution in [0.2, 0.25) is 0 Å². The molecule has 3 rings (SSSR count). The van der Waals surface area contributed by atoms with Gasteiger partial charge in [0.05, 0.1) is 0 Å². The monoisotopic (exact) mass is 322 g/mol. The smallest absolute Gasteiger partial charge is 0.271 e. The summed E-state index contributed by atoms with van der Waals surface area (Å²) >= 11 is 1.28. The number of hydrogen-bond donors (Lipinski definition) is 1. The molecule has 0 fully saturated rings. The molecule has 1 aliphatic heterocycles. The molecule has 1 aromatic heterocycles.